The zero-order valence-corrected chi connectivity index (χ0v) is 31.0. The Morgan fingerprint density at radius 1 is 0.860 bits per heavy atom. The van der Waals surface area contributed by atoms with Gasteiger partial charge in [-0.25, -0.2) is 9.59 Å². The van der Waals surface area contributed by atoms with E-state index in [1.807, 2.05) is 0 Å². The molecule has 1 saturated heterocycles. The zero-order valence-electron chi connectivity index (χ0n) is 31.0. The van der Waals surface area contributed by atoms with E-state index >= 15 is 0 Å². The van der Waals surface area contributed by atoms with E-state index < -0.39 is 40.6 Å². The van der Waals surface area contributed by atoms with Gasteiger partial charge in [0, 0.05) is 53.2 Å². The number of allylic oxidation sites excluding steroid dienone is 2. The first-order valence-corrected chi connectivity index (χ1v) is 18.2. The monoisotopic (exact) mass is 777 g/mol. The number of carbonyl (C=O) groups is 5. The number of benzene rings is 2. The molecule has 7 N–H and O–H groups in total. The number of aromatic nitrogens is 2. The summed E-state index contributed by atoms with van der Waals surface area (Å²) in [5.41, 5.74) is 6.17. The number of nitrogens with zero attached hydrogens (tertiary/aromatic N) is 4. The number of carbonyl (C=O) groups excluding carboxylic acids is 5. The van der Waals surface area contributed by atoms with Crippen LogP contribution >= 0.6 is 0 Å². The second-order valence-corrected chi connectivity index (χ2v) is 15.2. The summed E-state index contributed by atoms with van der Waals surface area (Å²) in [4.78, 5) is 81.6. The number of amides is 4. The summed E-state index contributed by atoms with van der Waals surface area (Å²) in [6, 6.07) is 2.51. The topological polar surface area (TPSA) is 253 Å². The van der Waals surface area contributed by atoms with Gasteiger partial charge >= 0.3 is 12.0 Å². The first kappa shape index (κ1) is 34.5. The number of esters is 1. The van der Waals surface area contributed by atoms with Crippen LogP contribution in [0.25, 0.3) is 21.8 Å². The molecule has 10 rings (SSSR count). The van der Waals surface area contributed by atoms with Gasteiger partial charge in [-0.05, 0) is 55.4 Å². The van der Waals surface area contributed by atoms with Gasteiger partial charge in [-0.15, -0.1) is 0 Å². The summed E-state index contributed by atoms with van der Waals surface area (Å²) >= 11 is 0. The highest BCUT2D eigenvalue weighted by Crippen LogP contribution is 2.71. The SMILES string of the molecule is COC(=O)[C@@]1(C)N=C2C(=O)C=C3N(C(=O)c4cc5c6c(c(O)c(OC)c5[nH]4)N(C(=O)c4cc5c7c(c(O)c(OC)c5[nH]4)N(C(N)=O)CC7)CC6)C[C@H]4C[C@@]34C2=C1O. The summed E-state index contributed by atoms with van der Waals surface area (Å²) in [6.07, 6.45) is 2.60. The molecule has 4 aliphatic heterocycles. The number of phenolic OH excluding ortho intramolecular Hbond substituents is 2. The van der Waals surface area contributed by atoms with Crippen molar-refractivity contribution in [3.05, 3.63) is 57.8 Å². The third-order valence-corrected chi connectivity index (χ3v) is 12.6. The van der Waals surface area contributed by atoms with Crippen LogP contribution in [0.15, 0.2) is 40.2 Å². The van der Waals surface area contributed by atoms with Crippen LogP contribution in [0.2, 0.25) is 0 Å². The number of aliphatic hydroxyl groups excluding tert-OH is 1. The lowest BCUT2D eigenvalue weighted by molar-refractivity contribution is -0.145. The number of ether oxygens (including phenoxy) is 3. The number of anilines is 2. The molecule has 6 aliphatic rings. The summed E-state index contributed by atoms with van der Waals surface area (Å²) in [6.45, 7) is 2.04. The van der Waals surface area contributed by atoms with Crippen LogP contribution in [0.5, 0.6) is 23.0 Å². The number of H-pyrrole nitrogens is 2. The van der Waals surface area contributed by atoms with Crippen molar-refractivity contribution in [2.45, 2.75) is 31.7 Å². The van der Waals surface area contributed by atoms with E-state index in [0.717, 1.165) is 0 Å². The van der Waals surface area contributed by atoms with Crippen molar-refractivity contribution in [2.24, 2.45) is 22.1 Å². The number of aromatic amines is 2. The van der Waals surface area contributed by atoms with Crippen molar-refractivity contribution in [2.75, 3.05) is 50.8 Å². The number of rotatable bonds is 5. The number of aliphatic imine (C=N–C) groups is 1. The number of aromatic hydroxyl groups is 2. The van der Waals surface area contributed by atoms with Crippen LogP contribution in [0.4, 0.5) is 16.2 Å². The highest BCUT2D eigenvalue weighted by Gasteiger charge is 2.72. The average Bonchev–Trinajstić information content (AvgIpc) is 3.90. The first-order valence-electron chi connectivity index (χ1n) is 18.2. The molecule has 1 saturated carbocycles. The largest absolute Gasteiger partial charge is 0.509 e. The summed E-state index contributed by atoms with van der Waals surface area (Å²) in [5.74, 6) is -3.37. The number of aliphatic hydroxyl groups is 1. The quantitative estimate of drug-likeness (QED) is 0.161. The molecule has 292 valence electrons. The molecule has 2 aliphatic carbocycles. The lowest BCUT2D eigenvalue weighted by Crippen LogP contribution is -2.36. The Morgan fingerprint density at radius 2 is 1.40 bits per heavy atom. The predicted molar refractivity (Wildman–Crippen MR) is 201 cm³/mol. The number of piperidine rings is 1. The molecule has 0 bridgehead atoms. The number of hydrogen-bond acceptors (Lipinski definition) is 12. The second-order valence-electron chi connectivity index (χ2n) is 15.2. The molecule has 2 aromatic carbocycles. The minimum absolute atomic E-state index is 0.00637. The molecule has 57 heavy (non-hydrogen) atoms. The molecule has 6 heterocycles. The molecule has 1 spiro atoms. The van der Waals surface area contributed by atoms with Crippen LogP contribution in [-0.4, -0.2) is 112 Å². The molecule has 4 amide bonds. The fraction of sp³-hybridized carbons (Fsp3) is 0.333. The minimum atomic E-state index is -1.78. The lowest BCUT2D eigenvalue weighted by Gasteiger charge is -2.29. The maximum atomic E-state index is 14.4. The van der Waals surface area contributed by atoms with Crippen molar-refractivity contribution in [3.63, 3.8) is 0 Å². The molecular weight excluding hydrogens is 742 g/mol. The standard InChI is InChI=1S/C39H35N7O11/c1-38(36(53)57-4)33(50)23-26(43-38)21(47)11-22-39(23)12-14(39)13-46(22)35(52)20-10-17-15-5-7-44(27(15)29(48)31(55-2)24(17)42-20)34(51)19-9-18-16-6-8-45(37(40)54)28(16)30(49)32(56-3)25(18)41-19/h9-11,14,41-42,48-50H,5-8,12-13H2,1-4H3,(H2,40,54)/t14-,38+,39+/m1/s1. The average molecular weight is 778 g/mol. The van der Waals surface area contributed by atoms with Gasteiger partial charge in [0.05, 0.1) is 43.7 Å². The van der Waals surface area contributed by atoms with Gasteiger partial charge in [-0.2, -0.15) is 0 Å². The number of primary amides is 1. The highest BCUT2D eigenvalue weighted by molar-refractivity contribution is 6.52. The van der Waals surface area contributed by atoms with Crippen molar-refractivity contribution < 1.29 is 53.5 Å². The van der Waals surface area contributed by atoms with E-state index in [1.165, 1.54) is 49.0 Å². The van der Waals surface area contributed by atoms with Crippen molar-refractivity contribution >= 4 is 68.5 Å². The van der Waals surface area contributed by atoms with Crippen LogP contribution in [-0.2, 0) is 27.2 Å². The Bertz CT molecular complexity index is 2760. The van der Waals surface area contributed by atoms with Gasteiger partial charge in [0.1, 0.15) is 22.9 Å². The molecule has 3 atom stereocenters. The molecule has 4 aromatic rings. The van der Waals surface area contributed by atoms with E-state index in [9.17, 15) is 39.3 Å². The van der Waals surface area contributed by atoms with E-state index in [1.54, 1.807) is 12.1 Å². The van der Waals surface area contributed by atoms with E-state index in [0.29, 0.717) is 57.9 Å². The molecule has 0 unspecified atom stereocenters. The van der Waals surface area contributed by atoms with E-state index in [-0.39, 0.29) is 88.4 Å². The number of ketones is 1. The minimum Gasteiger partial charge on any atom is -0.509 e. The first-order chi connectivity index (χ1) is 27.2. The maximum Gasteiger partial charge on any atom is 0.341 e. The third-order valence-electron chi connectivity index (χ3n) is 12.6. The molecule has 18 heteroatoms. The summed E-state index contributed by atoms with van der Waals surface area (Å²) in [7, 11) is 3.89. The van der Waals surface area contributed by atoms with Crippen molar-refractivity contribution in [3.8, 4) is 23.0 Å². The van der Waals surface area contributed by atoms with Gasteiger partial charge in [-0.3, -0.25) is 24.3 Å². The summed E-state index contributed by atoms with van der Waals surface area (Å²) in [5, 5.41) is 35.2. The molecular formula is C39H35N7O11. The van der Waals surface area contributed by atoms with Gasteiger partial charge in [-0.1, -0.05) is 0 Å². The molecule has 2 aromatic heterocycles. The van der Waals surface area contributed by atoms with Crippen LogP contribution in [0.1, 0.15) is 45.4 Å². The number of nitrogens with two attached hydrogens (primary N) is 1. The molecule has 2 fully saturated rings. The fourth-order valence-corrected chi connectivity index (χ4v) is 9.92. The summed E-state index contributed by atoms with van der Waals surface area (Å²) < 4.78 is 16.0. The Hall–Kier alpha value is -6.98. The zero-order chi connectivity index (χ0) is 40.2. The van der Waals surface area contributed by atoms with Gasteiger partial charge in [0.25, 0.3) is 11.8 Å². The van der Waals surface area contributed by atoms with E-state index in [2.05, 4.69) is 15.0 Å². The van der Waals surface area contributed by atoms with Crippen LogP contribution in [0, 0.1) is 11.3 Å². The highest BCUT2D eigenvalue weighted by atomic mass is 16.5. The lowest BCUT2D eigenvalue weighted by atomic mass is 9.80. The Kier molecular flexibility index (Phi) is 6.71. The number of urea groups is 1. The number of methoxy groups -OCH3 is 3. The van der Waals surface area contributed by atoms with Crippen LogP contribution in [0.3, 0.4) is 0 Å². The number of likely N-dealkylation sites (tertiary alicyclic amines) is 1. The van der Waals surface area contributed by atoms with Gasteiger partial charge < -0.3 is 55.0 Å². The Morgan fingerprint density at radius 3 is 1.95 bits per heavy atom. The van der Waals surface area contributed by atoms with Crippen molar-refractivity contribution in [1.29, 1.82) is 0 Å². The Balaban J connectivity index is 1.01. The van der Waals surface area contributed by atoms with Crippen LogP contribution < -0.4 is 25.0 Å². The number of phenols is 2. The predicted octanol–water partition coefficient (Wildman–Crippen LogP) is 2.85. The van der Waals surface area contributed by atoms with Gasteiger partial charge in [0.15, 0.2) is 23.0 Å². The second kappa shape index (κ2) is 11.1. The number of hydrogen-bond donors (Lipinski definition) is 6. The molecule has 18 nitrogen and oxygen atoms in total. The van der Waals surface area contributed by atoms with Crippen molar-refractivity contribution in [1.82, 2.24) is 14.9 Å². The number of nitrogens with one attached hydrogen (secondary N) is 2. The third kappa shape index (κ3) is 4.08. The normalized spacial score (nSPS) is 24.0. The number of fused-ring (bicyclic) bond motifs is 7. The fourth-order valence-electron chi connectivity index (χ4n) is 9.92. The smallest absolute Gasteiger partial charge is 0.341 e. The van der Waals surface area contributed by atoms with Gasteiger partial charge in [0.2, 0.25) is 11.3 Å². The maximum absolute atomic E-state index is 14.4. The molecule has 0 radical (unpaired) electrons. The Labute approximate surface area is 321 Å². The van der Waals surface area contributed by atoms with E-state index in [4.69, 9.17) is 19.9 Å².